The molecule has 1 nitrogen and oxygen atoms in total. The summed E-state index contributed by atoms with van der Waals surface area (Å²) in [5.41, 5.74) is 2.81. The number of nitrogens with one attached hydrogen (secondary N) is 1. The van der Waals surface area contributed by atoms with E-state index in [0.717, 1.165) is 12.0 Å². The summed E-state index contributed by atoms with van der Waals surface area (Å²) in [5, 5.41) is 3.28. The topological polar surface area (TPSA) is 12.0 Å². The lowest BCUT2D eigenvalue weighted by Gasteiger charge is -2.19. The van der Waals surface area contributed by atoms with E-state index < -0.39 is 0 Å². The van der Waals surface area contributed by atoms with Crippen LogP contribution >= 0.6 is 0 Å². The lowest BCUT2D eigenvalue weighted by atomic mass is 10.0. The largest absolute Gasteiger partial charge is 0.376 e. The minimum Gasteiger partial charge on any atom is -0.376 e. The normalized spacial score (nSPS) is 12.2. The number of aryl methyl sites for hydroxylation is 1. The summed E-state index contributed by atoms with van der Waals surface area (Å²) in [6, 6.07) is 15.4. The molecule has 1 N–H and O–H groups in total. The van der Waals surface area contributed by atoms with Gasteiger partial charge in [0.1, 0.15) is 5.82 Å². The molecule has 94 valence electrons. The minimum atomic E-state index is -0.199. The molecule has 0 fully saturated rings. The van der Waals surface area contributed by atoms with E-state index in [1.54, 1.807) is 6.07 Å². The van der Waals surface area contributed by atoms with Crippen LogP contribution in [0.2, 0.25) is 0 Å². The Kier molecular flexibility index (Phi) is 3.98. The van der Waals surface area contributed by atoms with E-state index in [4.69, 9.17) is 0 Å². The van der Waals surface area contributed by atoms with Crippen molar-refractivity contribution in [3.63, 3.8) is 0 Å². The monoisotopic (exact) mass is 243 g/mol. The predicted molar refractivity (Wildman–Crippen MR) is 74.2 cm³/mol. The Bertz CT molecular complexity index is 508. The van der Waals surface area contributed by atoms with Crippen molar-refractivity contribution in [2.45, 2.75) is 26.3 Å². The van der Waals surface area contributed by atoms with Gasteiger partial charge in [0.15, 0.2) is 0 Å². The molecular formula is C16H18FN. The smallest absolute Gasteiger partial charge is 0.146 e. The molecule has 0 spiro atoms. The van der Waals surface area contributed by atoms with Crippen molar-refractivity contribution in [2.75, 3.05) is 5.32 Å². The van der Waals surface area contributed by atoms with Gasteiger partial charge in [-0.1, -0.05) is 43.3 Å². The lowest BCUT2D eigenvalue weighted by Crippen LogP contribution is -2.10. The molecule has 0 amide bonds. The summed E-state index contributed by atoms with van der Waals surface area (Å²) >= 11 is 0. The second-order valence-electron chi connectivity index (χ2n) is 4.50. The Labute approximate surface area is 108 Å². The number of hydrogen-bond donors (Lipinski definition) is 1. The summed E-state index contributed by atoms with van der Waals surface area (Å²) in [7, 11) is 0. The average molecular weight is 243 g/mol. The highest BCUT2D eigenvalue weighted by atomic mass is 19.1. The number of benzene rings is 2. The van der Waals surface area contributed by atoms with Crippen molar-refractivity contribution in [1.29, 1.82) is 0 Å². The van der Waals surface area contributed by atoms with Gasteiger partial charge < -0.3 is 5.32 Å². The van der Waals surface area contributed by atoms with Crippen LogP contribution in [0, 0.1) is 12.7 Å². The summed E-state index contributed by atoms with van der Waals surface area (Å²) in [6.45, 7) is 4.06. The maximum absolute atomic E-state index is 13.7. The van der Waals surface area contributed by atoms with Gasteiger partial charge in [-0.2, -0.15) is 0 Å². The molecule has 2 aromatic rings. The second kappa shape index (κ2) is 5.67. The SMILES string of the molecule is CCC(Nc1cc(C)ccc1F)c1ccccc1. The molecule has 0 bridgehead atoms. The second-order valence-corrected chi connectivity index (χ2v) is 4.50. The van der Waals surface area contributed by atoms with Gasteiger partial charge in [-0.05, 0) is 36.6 Å². The van der Waals surface area contributed by atoms with E-state index in [9.17, 15) is 4.39 Å². The maximum Gasteiger partial charge on any atom is 0.146 e. The number of halogens is 1. The number of hydrogen-bond acceptors (Lipinski definition) is 1. The van der Waals surface area contributed by atoms with Crippen LogP contribution in [0.3, 0.4) is 0 Å². The molecule has 0 heterocycles. The highest BCUT2D eigenvalue weighted by Gasteiger charge is 2.11. The highest BCUT2D eigenvalue weighted by molar-refractivity contribution is 5.49. The third kappa shape index (κ3) is 2.89. The third-order valence-corrected chi connectivity index (χ3v) is 3.06. The first kappa shape index (κ1) is 12.6. The fourth-order valence-electron chi connectivity index (χ4n) is 2.04. The summed E-state index contributed by atoms with van der Waals surface area (Å²) in [5.74, 6) is -0.199. The van der Waals surface area contributed by atoms with Crippen LogP contribution < -0.4 is 5.32 Å². The van der Waals surface area contributed by atoms with Gasteiger partial charge in [-0.25, -0.2) is 4.39 Å². The summed E-state index contributed by atoms with van der Waals surface area (Å²) in [4.78, 5) is 0. The molecular weight excluding hydrogens is 225 g/mol. The molecule has 1 unspecified atom stereocenters. The van der Waals surface area contributed by atoms with Crippen LogP contribution in [0.5, 0.6) is 0 Å². The van der Waals surface area contributed by atoms with Crippen molar-refractivity contribution in [1.82, 2.24) is 0 Å². The van der Waals surface area contributed by atoms with Crippen LogP contribution in [0.4, 0.5) is 10.1 Å². The fraction of sp³-hybridized carbons (Fsp3) is 0.250. The van der Waals surface area contributed by atoms with Gasteiger partial charge in [-0.3, -0.25) is 0 Å². The van der Waals surface area contributed by atoms with Crippen molar-refractivity contribution in [3.8, 4) is 0 Å². The molecule has 2 rings (SSSR count). The number of anilines is 1. The molecule has 18 heavy (non-hydrogen) atoms. The van der Waals surface area contributed by atoms with E-state index >= 15 is 0 Å². The van der Waals surface area contributed by atoms with Crippen LogP contribution in [-0.4, -0.2) is 0 Å². The summed E-state index contributed by atoms with van der Waals surface area (Å²) in [6.07, 6.45) is 0.914. The van der Waals surface area contributed by atoms with E-state index in [1.807, 2.05) is 31.2 Å². The van der Waals surface area contributed by atoms with Gasteiger partial charge in [-0.15, -0.1) is 0 Å². The van der Waals surface area contributed by atoms with E-state index in [2.05, 4.69) is 24.4 Å². The molecule has 0 aromatic heterocycles. The van der Waals surface area contributed by atoms with Crippen molar-refractivity contribution in [3.05, 3.63) is 65.5 Å². The van der Waals surface area contributed by atoms with E-state index in [0.29, 0.717) is 5.69 Å². The Balaban J connectivity index is 2.23. The van der Waals surface area contributed by atoms with Gasteiger partial charge in [0.25, 0.3) is 0 Å². The quantitative estimate of drug-likeness (QED) is 0.821. The molecule has 2 aromatic carbocycles. The van der Waals surface area contributed by atoms with Gasteiger partial charge in [0.05, 0.1) is 11.7 Å². The molecule has 1 atom stereocenters. The van der Waals surface area contributed by atoms with E-state index in [-0.39, 0.29) is 11.9 Å². The van der Waals surface area contributed by atoms with Gasteiger partial charge in [0.2, 0.25) is 0 Å². The van der Waals surface area contributed by atoms with Crippen molar-refractivity contribution >= 4 is 5.69 Å². The first-order chi connectivity index (χ1) is 8.70. The van der Waals surface area contributed by atoms with Crippen molar-refractivity contribution in [2.24, 2.45) is 0 Å². The fourth-order valence-corrected chi connectivity index (χ4v) is 2.04. The zero-order valence-electron chi connectivity index (χ0n) is 10.8. The van der Waals surface area contributed by atoms with Gasteiger partial charge >= 0.3 is 0 Å². The van der Waals surface area contributed by atoms with Crippen LogP contribution in [0.25, 0.3) is 0 Å². The lowest BCUT2D eigenvalue weighted by molar-refractivity contribution is 0.623. The van der Waals surface area contributed by atoms with E-state index in [1.165, 1.54) is 11.6 Å². The molecule has 0 aliphatic carbocycles. The standard InChI is InChI=1S/C16H18FN/c1-3-15(13-7-5-4-6-8-13)18-16-11-12(2)9-10-14(16)17/h4-11,15,18H,3H2,1-2H3. The highest BCUT2D eigenvalue weighted by Crippen LogP contribution is 2.24. The predicted octanol–water partition coefficient (Wildman–Crippen LogP) is 4.70. The van der Waals surface area contributed by atoms with Crippen LogP contribution in [0.15, 0.2) is 48.5 Å². The number of rotatable bonds is 4. The minimum absolute atomic E-state index is 0.141. The molecule has 0 saturated carbocycles. The zero-order valence-corrected chi connectivity index (χ0v) is 10.8. The van der Waals surface area contributed by atoms with Crippen LogP contribution in [0.1, 0.15) is 30.5 Å². The maximum atomic E-state index is 13.7. The Hall–Kier alpha value is -1.83. The Morgan fingerprint density at radius 3 is 2.50 bits per heavy atom. The Morgan fingerprint density at radius 2 is 1.83 bits per heavy atom. The average Bonchev–Trinajstić information content (AvgIpc) is 2.41. The van der Waals surface area contributed by atoms with Gasteiger partial charge in [0, 0.05) is 0 Å². The molecule has 0 radical (unpaired) electrons. The molecule has 2 heteroatoms. The Morgan fingerprint density at radius 1 is 1.11 bits per heavy atom. The molecule has 0 saturated heterocycles. The first-order valence-electron chi connectivity index (χ1n) is 6.28. The third-order valence-electron chi connectivity index (χ3n) is 3.06. The first-order valence-corrected chi connectivity index (χ1v) is 6.28. The molecule has 0 aliphatic heterocycles. The zero-order chi connectivity index (χ0) is 13.0. The van der Waals surface area contributed by atoms with Crippen molar-refractivity contribution < 1.29 is 4.39 Å². The molecule has 0 aliphatic rings. The van der Waals surface area contributed by atoms with Crippen LogP contribution in [-0.2, 0) is 0 Å². The summed E-state index contributed by atoms with van der Waals surface area (Å²) < 4.78 is 13.7.